The van der Waals surface area contributed by atoms with Crippen LogP contribution in [-0.2, 0) is 14.0 Å². The first-order valence-corrected chi connectivity index (χ1v) is 8.06. The van der Waals surface area contributed by atoms with Gasteiger partial charge in [0.05, 0.1) is 16.8 Å². The van der Waals surface area contributed by atoms with Crippen LogP contribution in [-0.4, -0.2) is 53.4 Å². The highest BCUT2D eigenvalue weighted by atomic mass is 16.7. The number of nitrogens with zero attached hydrogens (tertiary/aromatic N) is 1. The second-order valence-electron chi connectivity index (χ2n) is 8.17. The van der Waals surface area contributed by atoms with Crippen molar-refractivity contribution >= 4 is 7.12 Å². The number of hydrogen-bond acceptors (Lipinski definition) is 5. The van der Waals surface area contributed by atoms with E-state index < -0.39 is 6.41 Å². The van der Waals surface area contributed by atoms with E-state index in [1.54, 1.807) is 0 Å². The molecule has 6 heteroatoms. The Morgan fingerprint density at radius 2 is 1.77 bits per heavy atom. The maximum absolute atomic E-state index is 10.1. The molecule has 1 atom stereocenters. The minimum Gasteiger partial charge on any atom is -0.400 e. The lowest BCUT2D eigenvalue weighted by atomic mass is 9.75. The molecule has 2 aliphatic heterocycles. The van der Waals surface area contributed by atoms with Gasteiger partial charge in [0.25, 0.3) is 0 Å². The van der Waals surface area contributed by atoms with Crippen LogP contribution in [0.4, 0.5) is 0 Å². The summed E-state index contributed by atoms with van der Waals surface area (Å²) in [5, 5.41) is 10.1. The van der Waals surface area contributed by atoms with Crippen molar-refractivity contribution in [1.29, 1.82) is 0 Å². The van der Waals surface area contributed by atoms with Gasteiger partial charge in [-0.25, -0.2) is 0 Å². The molecule has 0 aromatic heterocycles. The Morgan fingerprint density at radius 3 is 2.18 bits per heavy atom. The molecule has 0 aliphatic carbocycles. The van der Waals surface area contributed by atoms with Gasteiger partial charge < -0.3 is 19.2 Å². The van der Waals surface area contributed by atoms with Crippen molar-refractivity contribution in [3.63, 3.8) is 0 Å². The fraction of sp³-hybridized carbons (Fsp3) is 0.875. The average Bonchev–Trinajstić information content (AvgIpc) is 2.56. The molecule has 0 aromatic rings. The molecule has 2 aliphatic rings. The van der Waals surface area contributed by atoms with Crippen LogP contribution in [0.1, 0.15) is 54.9 Å². The van der Waals surface area contributed by atoms with Gasteiger partial charge in [-0.3, -0.25) is 4.90 Å². The van der Waals surface area contributed by atoms with Crippen LogP contribution < -0.4 is 0 Å². The molecule has 0 radical (unpaired) electrons. The number of ether oxygens (including phenoxy) is 1. The second-order valence-corrected chi connectivity index (χ2v) is 8.17. The van der Waals surface area contributed by atoms with Crippen molar-refractivity contribution in [3.05, 3.63) is 11.5 Å². The Kier molecular flexibility index (Phi) is 4.82. The van der Waals surface area contributed by atoms with E-state index >= 15 is 0 Å². The van der Waals surface area contributed by atoms with Crippen LogP contribution in [0.25, 0.3) is 0 Å². The largest absolute Gasteiger partial charge is 0.490 e. The number of aliphatic hydroxyl groups excluding tert-OH is 1. The fourth-order valence-electron chi connectivity index (χ4n) is 2.50. The van der Waals surface area contributed by atoms with Crippen LogP contribution in [0.5, 0.6) is 0 Å². The van der Waals surface area contributed by atoms with Gasteiger partial charge >= 0.3 is 7.12 Å². The maximum Gasteiger partial charge on any atom is 0.490 e. The molecule has 2 rings (SSSR count). The Bertz CT molecular complexity index is 426. The molecular weight excluding hydrogens is 281 g/mol. The van der Waals surface area contributed by atoms with Gasteiger partial charge in [0.15, 0.2) is 0 Å². The summed E-state index contributed by atoms with van der Waals surface area (Å²) < 4.78 is 17.7. The van der Waals surface area contributed by atoms with E-state index in [4.69, 9.17) is 14.0 Å². The normalized spacial score (nSPS) is 26.9. The molecule has 0 bridgehead atoms. The quantitative estimate of drug-likeness (QED) is 0.640. The number of aliphatic hydroxyl groups is 1. The van der Waals surface area contributed by atoms with E-state index in [2.05, 4.69) is 33.8 Å². The van der Waals surface area contributed by atoms with Gasteiger partial charge in [-0.15, -0.1) is 0 Å². The Balaban J connectivity index is 1.95. The zero-order valence-electron chi connectivity index (χ0n) is 15.0. The molecule has 2 heterocycles. The minimum absolute atomic E-state index is 0.284. The Hall–Kier alpha value is -0.395. The molecule has 5 nitrogen and oxygen atoms in total. The zero-order chi connectivity index (χ0) is 16.8. The lowest BCUT2D eigenvalue weighted by molar-refractivity contribution is -0.237. The summed E-state index contributed by atoms with van der Waals surface area (Å²) in [6.07, 6.45) is 2.01. The van der Waals surface area contributed by atoms with E-state index in [1.165, 1.54) is 0 Å². The third-order valence-electron chi connectivity index (χ3n) is 4.60. The SMILES string of the molecule is CC(C)(C)OC(O)N1CC=C(B2OC(C)(C)C(C)(C)O2)CC1. The van der Waals surface area contributed by atoms with Crippen molar-refractivity contribution in [2.45, 2.75) is 78.1 Å². The predicted molar refractivity (Wildman–Crippen MR) is 87.2 cm³/mol. The third kappa shape index (κ3) is 3.92. The van der Waals surface area contributed by atoms with E-state index in [9.17, 15) is 5.11 Å². The van der Waals surface area contributed by atoms with Gasteiger partial charge in [0, 0.05) is 13.1 Å². The summed E-state index contributed by atoms with van der Waals surface area (Å²) in [4.78, 5) is 1.90. The van der Waals surface area contributed by atoms with Crippen molar-refractivity contribution in [2.75, 3.05) is 13.1 Å². The first-order valence-electron chi connectivity index (χ1n) is 8.06. The molecule has 0 spiro atoms. The first kappa shape index (κ1) is 18.0. The minimum atomic E-state index is -0.879. The number of rotatable bonds is 3. The summed E-state index contributed by atoms with van der Waals surface area (Å²) in [6, 6.07) is 0. The van der Waals surface area contributed by atoms with Crippen molar-refractivity contribution in [1.82, 2.24) is 4.90 Å². The van der Waals surface area contributed by atoms with Crippen LogP contribution >= 0.6 is 0 Å². The van der Waals surface area contributed by atoms with E-state index in [0.717, 1.165) is 18.4 Å². The average molecular weight is 311 g/mol. The zero-order valence-corrected chi connectivity index (χ0v) is 15.0. The summed E-state index contributed by atoms with van der Waals surface area (Å²) in [6.45, 7) is 15.4. The molecule has 1 N–H and O–H groups in total. The highest BCUT2D eigenvalue weighted by Gasteiger charge is 2.52. The van der Waals surface area contributed by atoms with Crippen molar-refractivity contribution in [3.8, 4) is 0 Å². The Morgan fingerprint density at radius 1 is 1.23 bits per heavy atom. The monoisotopic (exact) mass is 311 g/mol. The van der Waals surface area contributed by atoms with Gasteiger partial charge in [-0.1, -0.05) is 6.08 Å². The Labute approximate surface area is 134 Å². The summed E-state index contributed by atoms with van der Waals surface area (Å²) in [5.41, 5.74) is 0.155. The van der Waals surface area contributed by atoms with Crippen LogP contribution in [0.3, 0.4) is 0 Å². The molecule has 22 heavy (non-hydrogen) atoms. The van der Waals surface area contributed by atoms with Crippen LogP contribution in [0, 0.1) is 0 Å². The topological polar surface area (TPSA) is 51.2 Å². The summed E-state index contributed by atoms with van der Waals surface area (Å²) >= 11 is 0. The molecule has 0 aromatic carbocycles. The first-order chi connectivity index (χ1) is 9.91. The molecule has 1 unspecified atom stereocenters. The molecular formula is C16H30BNO4. The van der Waals surface area contributed by atoms with Crippen LogP contribution in [0.2, 0.25) is 0 Å². The standard InChI is InChI=1S/C16H30BNO4/c1-14(2,3)20-13(19)18-10-8-12(9-11-18)17-21-15(4,5)16(6,7)22-17/h8,13,19H,9-11H2,1-7H3. The molecule has 0 amide bonds. The molecule has 0 saturated carbocycles. The highest BCUT2D eigenvalue weighted by Crippen LogP contribution is 2.39. The number of hydrogen-bond donors (Lipinski definition) is 1. The molecule has 1 saturated heterocycles. The maximum atomic E-state index is 10.1. The molecule has 1 fully saturated rings. The third-order valence-corrected chi connectivity index (χ3v) is 4.60. The van der Waals surface area contributed by atoms with Gasteiger partial charge in [-0.05, 0) is 60.4 Å². The summed E-state index contributed by atoms with van der Waals surface area (Å²) in [7, 11) is -0.284. The van der Waals surface area contributed by atoms with E-state index in [1.807, 2.05) is 25.7 Å². The van der Waals surface area contributed by atoms with Gasteiger partial charge in [0.2, 0.25) is 6.41 Å². The van der Waals surface area contributed by atoms with Gasteiger partial charge in [0.1, 0.15) is 0 Å². The fourth-order valence-corrected chi connectivity index (χ4v) is 2.50. The van der Waals surface area contributed by atoms with Crippen molar-refractivity contribution < 1.29 is 19.2 Å². The lowest BCUT2D eigenvalue weighted by Crippen LogP contribution is -2.44. The second kappa shape index (κ2) is 5.91. The summed E-state index contributed by atoms with van der Waals surface area (Å²) in [5.74, 6) is 0. The molecule has 126 valence electrons. The van der Waals surface area contributed by atoms with E-state index in [-0.39, 0.29) is 23.9 Å². The van der Waals surface area contributed by atoms with Gasteiger partial charge in [-0.2, -0.15) is 0 Å². The van der Waals surface area contributed by atoms with E-state index in [0.29, 0.717) is 6.54 Å². The lowest BCUT2D eigenvalue weighted by Gasteiger charge is -2.34. The highest BCUT2D eigenvalue weighted by molar-refractivity contribution is 6.54. The predicted octanol–water partition coefficient (Wildman–Crippen LogP) is 2.34. The smallest absolute Gasteiger partial charge is 0.400 e. The van der Waals surface area contributed by atoms with Crippen molar-refractivity contribution in [2.24, 2.45) is 0 Å². The van der Waals surface area contributed by atoms with Crippen LogP contribution in [0.15, 0.2) is 11.5 Å².